The molecule has 0 amide bonds. The van der Waals surface area contributed by atoms with Crippen LogP contribution in [0.5, 0.6) is 5.75 Å². The molecule has 0 aliphatic heterocycles. The third-order valence-electron chi connectivity index (χ3n) is 3.26. The van der Waals surface area contributed by atoms with Crippen LogP contribution in [0.15, 0.2) is 48.8 Å². The third-order valence-corrected chi connectivity index (χ3v) is 3.26. The molecule has 0 atom stereocenters. The van der Waals surface area contributed by atoms with Gasteiger partial charge in [0.05, 0.1) is 18.8 Å². The van der Waals surface area contributed by atoms with E-state index in [1.807, 2.05) is 24.5 Å². The highest BCUT2D eigenvalue weighted by molar-refractivity contribution is 5.51. The Morgan fingerprint density at radius 2 is 2.11 bits per heavy atom. The molecule has 96 valence electrons. The third kappa shape index (κ3) is 2.32. The summed E-state index contributed by atoms with van der Waals surface area (Å²) in [6, 6.07) is 12.5. The number of hydrogen-bond acceptors (Lipinski definition) is 2. The second-order valence-corrected chi connectivity index (χ2v) is 4.70. The van der Waals surface area contributed by atoms with Crippen molar-refractivity contribution in [3.8, 4) is 5.75 Å². The molecule has 3 rings (SSSR count). The summed E-state index contributed by atoms with van der Waals surface area (Å²) in [5, 5.41) is 0. The lowest BCUT2D eigenvalue weighted by Crippen LogP contribution is -1.96. The van der Waals surface area contributed by atoms with Crippen LogP contribution in [-0.4, -0.2) is 16.5 Å². The minimum absolute atomic E-state index is 0.835. The van der Waals surface area contributed by atoms with Crippen LogP contribution >= 0.6 is 0 Å². The molecule has 2 heterocycles. The minimum atomic E-state index is 0.835. The van der Waals surface area contributed by atoms with Gasteiger partial charge in [-0.3, -0.25) is 0 Å². The molecule has 0 bridgehead atoms. The summed E-state index contributed by atoms with van der Waals surface area (Å²) in [6.07, 6.45) is 4.72. The van der Waals surface area contributed by atoms with E-state index in [9.17, 15) is 0 Å². The Kier molecular flexibility index (Phi) is 2.95. The van der Waals surface area contributed by atoms with E-state index in [0.29, 0.717) is 0 Å². The van der Waals surface area contributed by atoms with Crippen molar-refractivity contribution in [2.24, 2.45) is 0 Å². The van der Waals surface area contributed by atoms with Gasteiger partial charge >= 0.3 is 0 Å². The molecule has 19 heavy (non-hydrogen) atoms. The molecule has 1 aromatic carbocycles. The molecule has 0 saturated carbocycles. The van der Waals surface area contributed by atoms with Crippen LogP contribution in [0.3, 0.4) is 0 Å². The fourth-order valence-corrected chi connectivity index (χ4v) is 2.30. The second kappa shape index (κ2) is 4.76. The van der Waals surface area contributed by atoms with Crippen molar-refractivity contribution < 1.29 is 4.74 Å². The summed E-state index contributed by atoms with van der Waals surface area (Å²) in [5.41, 5.74) is 3.62. The first kappa shape index (κ1) is 11.8. The van der Waals surface area contributed by atoms with E-state index in [4.69, 9.17) is 4.74 Å². The molecule has 0 aliphatic rings. The number of ether oxygens (including phenoxy) is 1. The summed E-state index contributed by atoms with van der Waals surface area (Å²) >= 11 is 0. The Labute approximate surface area is 112 Å². The molecule has 3 heteroatoms. The Morgan fingerprint density at radius 3 is 2.89 bits per heavy atom. The topological polar surface area (TPSA) is 26.5 Å². The first-order chi connectivity index (χ1) is 9.26. The Hall–Kier alpha value is -2.29. The molecule has 0 saturated heterocycles. The number of imidazole rings is 1. The highest BCUT2D eigenvalue weighted by Gasteiger charge is 2.05. The van der Waals surface area contributed by atoms with Crippen LogP contribution in [0.25, 0.3) is 5.52 Å². The molecule has 2 aromatic heterocycles. The van der Waals surface area contributed by atoms with Crippen LogP contribution < -0.4 is 4.74 Å². The zero-order valence-electron chi connectivity index (χ0n) is 11.1. The van der Waals surface area contributed by atoms with Gasteiger partial charge < -0.3 is 9.14 Å². The second-order valence-electron chi connectivity index (χ2n) is 4.70. The summed E-state index contributed by atoms with van der Waals surface area (Å²) in [4.78, 5) is 4.50. The monoisotopic (exact) mass is 252 g/mol. The smallest absolute Gasteiger partial charge is 0.122 e. The van der Waals surface area contributed by atoms with Gasteiger partial charge in [0, 0.05) is 18.7 Å². The van der Waals surface area contributed by atoms with Crippen LogP contribution in [0, 0.1) is 6.92 Å². The number of methoxy groups -OCH3 is 1. The zero-order valence-corrected chi connectivity index (χ0v) is 11.1. The fraction of sp³-hybridized carbons (Fsp3) is 0.188. The van der Waals surface area contributed by atoms with Gasteiger partial charge in [0.2, 0.25) is 0 Å². The maximum atomic E-state index is 5.22. The molecule has 0 N–H and O–H groups in total. The quantitative estimate of drug-likeness (QED) is 0.715. The number of aryl methyl sites for hydroxylation is 1. The molecule has 0 unspecified atom stereocenters. The van der Waals surface area contributed by atoms with Gasteiger partial charge in [0.1, 0.15) is 11.6 Å². The number of hydrogen-bond donors (Lipinski definition) is 0. The fourth-order valence-electron chi connectivity index (χ4n) is 2.30. The number of rotatable bonds is 3. The summed E-state index contributed by atoms with van der Waals surface area (Å²) in [7, 11) is 1.68. The molecular formula is C16H16N2O. The first-order valence-electron chi connectivity index (χ1n) is 6.32. The van der Waals surface area contributed by atoms with Crippen LogP contribution in [0.4, 0.5) is 0 Å². The van der Waals surface area contributed by atoms with Gasteiger partial charge in [-0.1, -0.05) is 29.8 Å². The molecule has 3 aromatic rings. The van der Waals surface area contributed by atoms with Gasteiger partial charge in [0.15, 0.2) is 0 Å². The largest absolute Gasteiger partial charge is 0.497 e. The zero-order chi connectivity index (χ0) is 13.2. The van der Waals surface area contributed by atoms with Crippen molar-refractivity contribution in [2.45, 2.75) is 13.3 Å². The number of fused-ring (bicyclic) bond motifs is 1. The summed E-state index contributed by atoms with van der Waals surface area (Å²) < 4.78 is 7.33. The number of nitrogens with zero attached hydrogens (tertiary/aromatic N) is 2. The maximum absolute atomic E-state index is 5.22. The van der Waals surface area contributed by atoms with E-state index in [-0.39, 0.29) is 0 Å². The van der Waals surface area contributed by atoms with Crippen molar-refractivity contribution in [2.75, 3.05) is 7.11 Å². The number of pyridine rings is 1. The Bertz CT molecular complexity index is 716. The number of aromatic nitrogens is 2. The van der Waals surface area contributed by atoms with Crippen LogP contribution in [0.1, 0.15) is 17.0 Å². The van der Waals surface area contributed by atoms with Gasteiger partial charge in [-0.25, -0.2) is 4.98 Å². The Morgan fingerprint density at radius 1 is 1.21 bits per heavy atom. The van der Waals surface area contributed by atoms with Crippen LogP contribution in [-0.2, 0) is 6.42 Å². The van der Waals surface area contributed by atoms with Crippen molar-refractivity contribution in [1.29, 1.82) is 0 Å². The minimum Gasteiger partial charge on any atom is -0.497 e. The highest BCUT2D eigenvalue weighted by Crippen LogP contribution is 2.17. The average Bonchev–Trinajstić information content (AvgIpc) is 2.81. The lowest BCUT2D eigenvalue weighted by Gasteiger charge is -2.04. The molecule has 0 radical (unpaired) electrons. The highest BCUT2D eigenvalue weighted by atomic mass is 16.5. The summed E-state index contributed by atoms with van der Waals surface area (Å²) in [6.45, 7) is 2.11. The lowest BCUT2D eigenvalue weighted by atomic mass is 10.1. The van der Waals surface area contributed by atoms with Crippen molar-refractivity contribution in [3.05, 3.63) is 65.7 Å². The van der Waals surface area contributed by atoms with Gasteiger partial charge in [-0.2, -0.15) is 0 Å². The van der Waals surface area contributed by atoms with E-state index in [1.54, 1.807) is 7.11 Å². The standard InChI is InChI=1S/C16H16N2O/c1-12-4-3-5-13(8-12)9-16-17-11-14-10-15(19-2)6-7-18(14)16/h3-8,10-11H,9H2,1-2H3. The van der Waals surface area contributed by atoms with E-state index in [0.717, 1.165) is 23.5 Å². The van der Waals surface area contributed by atoms with E-state index < -0.39 is 0 Å². The average molecular weight is 252 g/mol. The first-order valence-corrected chi connectivity index (χ1v) is 6.32. The van der Waals surface area contributed by atoms with Crippen molar-refractivity contribution in [1.82, 2.24) is 9.38 Å². The van der Waals surface area contributed by atoms with E-state index >= 15 is 0 Å². The Balaban J connectivity index is 1.97. The van der Waals surface area contributed by atoms with Crippen molar-refractivity contribution >= 4 is 5.52 Å². The van der Waals surface area contributed by atoms with E-state index in [2.05, 4.69) is 40.6 Å². The van der Waals surface area contributed by atoms with Crippen molar-refractivity contribution in [3.63, 3.8) is 0 Å². The van der Waals surface area contributed by atoms with Gasteiger partial charge in [0.25, 0.3) is 0 Å². The van der Waals surface area contributed by atoms with Crippen LogP contribution in [0.2, 0.25) is 0 Å². The molecule has 0 spiro atoms. The van der Waals surface area contributed by atoms with Gasteiger partial charge in [-0.05, 0) is 18.6 Å². The molecule has 0 fully saturated rings. The predicted octanol–water partition coefficient (Wildman–Crippen LogP) is 3.24. The molecule has 0 aliphatic carbocycles. The normalized spacial score (nSPS) is 10.8. The summed E-state index contributed by atoms with van der Waals surface area (Å²) in [5.74, 6) is 1.90. The number of benzene rings is 1. The van der Waals surface area contributed by atoms with Gasteiger partial charge in [-0.15, -0.1) is 0 Å². The lowest BCUT2D eigenvalue weighted by molar-refractivity contribution is 0.414. The van der Waals surface area contributed by atoms with E-state index in [1.165, 1.54) is 11.1 Å². The predicted molar refractivity (Wildman–Crippen MR) is 75.7 cm³/mol. The maximum Gasteiger partial charge on any atom is 0.122 e. The molecule has 3 nitrogen and oxygen atoms in total. The SMILES string of the molecule is COc1ccn2c(Cc3cccc(C)c3)ncc2c1. The molecular weight excluding hydrogens is 236 g/mol.